The van der Waals surface area contributed by atoms with Gasteiger partial charge >= 0.3 is 0 Å². The lowest BCUT2D eigenvalue weighted by Crippen LogP contribution is -2.44. The van der Waals surface area contributed by atoms with Gasteiger partial charge in [-0.05, 0) is 51.3 Å². The molecule has 0 radical (unpaired) electrons. The van der Waals surface area contributed by atoms with E-state index in [-0.39, 0.29) is 23.2 Å². The van der Waals surface area contributed by atoms with Crippen LogP contribution in [0.1, 0.15) is 39.7 Å². The van der Waals surface area contributed by atoms with Gasteiger partial charge in [-0.3, -0.25) is 4.79 Å². The Bertz CT molecular complexity index is 392. The fourth-order valence-electron chi connectivity index (χ4n) is 1.80. The van der Waals surface area contributed by atoms with Gasteiger partial charge in [-0.2, -0.15) is 0 Å². The Morgan fingerprint density at radius 1 is 1.28 bits per heavy atom. The Kier molecular flexibility index (Phi) is 4.88. The zero-order valence-electron chi connectivity index (χ0n) is 11.6. The van der Waals surface area contributed by atoms with Crippen LogP contribution in [-0.2, 0) is 11.2 Å². The Balaban J connectivity index is 2.67. The van der Waals surface area contributed by atoms with Crippen LogP contribution < -0.4 is 5.32 Å². The zero-order chi connectivity index (χ0) is 13.8. The summed E-state index contributed by atoms with van der Waals surface area (Å²) < 4.78 is 12.8. The zero-order valence-corrected chi connectivity index (χ0v) is 11.6. The highest BCUT2D eigenvalue weighted by Crippen LogP contribution is 2.14. The fraction of sp³-hybridized carbons (Fsp3) is 0.533. The van der Waals surface area contributed by atoms with Gasteiger partial charge in [0.25, 0.3) is 0 Å². The highest BCUT2D eigenvalue weighted by atomic mass is 19.1. The predicted molar refractivity (Wildman–Crippen MR) is 71.8 cm³/mol. The number of halogens is 1. The molecule has 0 spiro atoms. The first-order valence-corrected chi connectivity index (χ1v) is 6.38. The van der Waals surface area contributed by atoms with Gasteiger partial charge in [0.1, 0.15) is 5.82 Å². The average molecular weight is 251 g/mol. The van der Waals surface area contributed by atoms with Crippen molar-refractivity contribution in [3.05, 3.63) is 35.6 Å². The van der Waals surface area contributed by atoms with Crippen LogP contribution in [0.4, 0.5) is 4.39 Å². The summed E-state index contributed by atoms with van der Waals surface area (Å²) in [6.45, 7) is 7.90. The maximum atomic E-state index is 12.8. The molecule has 0 heterocycles. The Morgan fingerprint density at radius 2 is 1.83 bits per heavy atom. The van der Waals surface area contributed by atoms with Crippen molar-refractivity contribution >= 4 is 5.91 Å². The number of nitrogens with one attached hydrogen (secondary N) is 1. The van der Waals surface area contributed by atoms with Crippen LogP contribution in [-0.4, -0.2) is 11.4 Å². The Labute approximate surface area is 109 Å². The summed E-state index contributed by atoms with van der Waals surface area (Å²) in [5.74, 6) is -0.241. The lowest BCUT2D eigenvalue weighted by atomic mass is 9.95. The van der Waals surface area contributed by atoms with E-state index in [1.807, 2.05) is 27.7 Å². The second-order valence-electron chi connectivity index (χ2n) is 5.68. The van der Waals surface area contributed by atoms with Crippen LogP contribution >= 0.6 is 0 Å². The van der Waals surface area contributed by atoms with E-state index >= 15 is 0 Å². The normalized spacial score (nSPS) is 13.2. The van der Waals surface area contributed by atoms with Crippen molar-refractivity contribution in [2.24, 2.45) is 5.92 Å². The van der Waals surface area contributed by atoms with Crippen LogP contribution in [0.3, 0.4) is 0 Å². The Hall–Kier alpha value is -1.38. The van der Waals surface area contributed by atoms with Crippen molar-refractivity contribution < 1.29 is 9.18 Å². The molecule has 0 saturated heterocycles. The molecular formula is C15H22FNO. The van der Waals surface area contributed by atoms with E-state index in [1.165, 1.54) is 12.1 Å². The summed E-state index contributed by atoms with van der Waals surface area (Å²) in [5, 5.41) is 2.99. The van der Waals surface area contributed by atoms with E-state index in [2.05, 4.69) is 5.32 Å². The molecule has 0 fully saturated rings. The minimum Gasteiger partial charge on any atom is -0.351 e. The summed E-state index contributed by atoms with van der Waals surface area (Å²) in [5.41, 5.74) is 0.778. The summed E-state index contributed by atoms with van der Waals surface area (Å²) in [4.78, 5) is 12.1. The van der Waals surface area contributed by atoms with Crippen LogP contribution in [0.5, 0.6) is 0 Å². The molecule has 0 aromatic heterocycles. The number of amides is 1. The number of carbonyl (C=O) groups is 1. The molecule has 100 valence electrons. The Morgan fingerprint density at radius 3 is 2.28 bits per heavy atom. The molecule has 1 aromatic carbocycles. The van der Waals surface area contributed by atoms with E-state index in [0.717, 1.165) is 12.0 Å². The van der Waals surface area contributed by atoms with Gasteiger partial charge in [-0.15, -0.1) is 0 Å². The van der Waals surface area contributed by atoms with Gasteiger partial charge in [-0.1, -0.05) is 19.1 Å². The molecule has 0 saturated carbocycles. The van der Waals surface area contributed by atoms with Crippen molar-refractivity contribution in [3.63, 3.8) is 0 Å². The number of carbonyl (C=O) groups excluding carboxylic acids is 1. The lowest BCUT2D eigenvalue weighted by molar-refractivity contribution is -0.126. The molecule has 0 aliphatic heterocycles. The van der Waals surface area contributed by atoms with Crippen molar-refractivity contribution in [3.8, 4) is 0 Å². The molecule has 1 amide bonds. The molecule has 1 atom stereocenters. The highest BCUT2D eigenvalue weighted by molar-refractivity contribution is 5.79. The van der Waals surface area contributed by atoms with Crippen LogP contribution in [0.15, 0.2) is 24.3 Å². The van der Waals surface area contributed by atoms with Gasteiger partial charge in [0.2, 0.25) is 5.91 Å². The molecule has 0 aliphatic carbocycles. The van der Waals surface area contributed by atoms with Gasteiger partial charge < -0.3 is 5.32 Å². The minimum absolute atomic E-state index is 0.0605. The molecule has 1 aromatic rings. The average Bonchev–Trinajstić information content (AvgIpc) is 2.25. The smallest absolute Gasteiger partial charge is 0.223 e. The quantitative estimate of drug-likeness (QED) is 0.874. The largest absolute Gasteiger partial charge is 0.351 e. The molecule has 0 bridgehead atoms. The first kappa shape index (κ1) is 14.7. The summed E-state index contributed by atoms with van der Waals surface area (Å²) in [6, 6.07) is 6.35. The van der Waals surface area contributed by atoms with E-state index in [9.17, 15) is 9.18 Å². The summed E-state index contributed by atoms with van der Waals surface area (Å²) >= 11 is 0. The first-order chi connectivity index (χ1) is 8.31. The van der Waals surface area contributed by atoms with Gasteiger partial charge in [0.05, 0.1) is 0 Å². The molecule has 2 nitrogen and oxygen atoms in total. The third kappa shape index (κ3) is 4.86. The summed E-state index contributed by atoms with van der Waals surface area (Å²) in [7, 11) is 0. The number of rotatable bonds is 4. The molecule has 1 rings (SSSR count). The molecule has 0 aliphatic rings. The molecule has 0 unspecified atom stereocenters. The molecule has 1 N–H and O–H groups in total. The van der Waals surface area contributed by atoms with E-state index in [0.29, 0.717) is 6.42 Å². The second-order valence-corrected chi connectivity index (χ2v) is 5.68. The SMILES string of the molecule is CC[C@H](Cc1ccc(F)cc1)C(=O)NC(C)(C)C. The lowest BCUT2D eigenvalue weighted by Gasteiger charge is -2.24. The van der Waals surface area contributed by atoms with E-state index in [4.69, 9.17) is 0 Å². The standard InChI is InChI=1S/C15H22FNO/c1-5-12(14(18)17-15(2,3)4)10-11-6-8-13(16)9-7-11/h6-9,12H,5,10H2,1-4H3,(H,17,18)/t12-/m1/s1. The summed E-state index contributed by atoms with van der Waals surface area (Å²) in [6.07, 6.45) is 1.43. The van der Waals surface area contributed by atoms with Crippen molar-refractivity contribution in [2.75, 3.05) is 0 Å². The van der Waals surface area contributed by atoms with Crippen LogP contribution in [0.25, 0.3) is 0 Å². The maximum Gasteiger partial charge on any atom is 0.223 e. The van der Waals surface area contributed by atoms with E-state index < -0.39 is 0 Å². The second kappa shape index (κ2) is 5.98. The highest BCUT2D eigenvalue weighted by Gasteiger charge is 2.21. The fourth-order valence-corrected chi connectivity index (χ4v) is 1.80. The van der Waals surface area contributed by atoms with Crippen LogP contribution in [0, 0.1) is 11.7 Å². The molecular weight excluding hydrogens is 229 g/mol. The van der Waals surface area contributed by atoms with Crippen molar-refractivity contribution in [2.45, 2.75) is 46.1 Å². The molecule has 3 heteroatoms. The van der Waals surface area contributed by atoms with Gasteiger partial charge in [-0.25, -0.2) is 4.39 Å². The van der Waals surface area contributed by atoms with Crippen molar-refractivity contribution in [1.82, 2.24) is 5.32 Å². The third-order valence-corrected chi connectivity index (χ3v) is 2.76. The third-order valence-electron chi connectivity index (χ3n) is 2.76. The van der Waals surface area contributed by atoms with E-state index in [1.54, 1.807) is 12.1 Å². The van der Waals surface area contributed by atoms with Gasteiger partial charge in [0, 0.05) is 11.5 Å². The van der Waals surface area contributed by atoms with Gasteiger partial charge in [0.15, 0.2) is 0 Å². The number of hydrogen-bond donors (Lipinski definition) is 1. The van der Waals surface area contributed by atoms with Crippen LogP contribution in [0.2, 0.25) is 0 Å². The maximum absolute atomic E-state index is 12.8. The van der Waals surface area contributed by atoms with Crippen molar-refractivity contribution in [1.29, 1.82) is 0 Å². The monoisotopic (exact) mass is 251 g/mol. The number of benzene rings is 1. The number of hydrogen-bond acceptors (Lipinski definition) is 1. The molecule has 18 heavy (non-hydrogen) atoms. The minimum atomic E-state index is -0.244. The first-order valence-electron chi connectivity index (χ1n) is 6.38. The predicted octanol–water partition coefficient (Wildman–Crippen LogP) is 3.31. The topological polar surface area (TPSA) is 29.1 Å².